The van der Waals surface area contributed by atoms with Crippen LogP contribution in [0.1, 0.15) is 21.7 Å². The Morgan fingerprint density at radius 3 is 2.71 bits per heavy atom. The molecule has 0 saturated heterocycles. The van der Waals surface area contributed by atoms with Gasteiger partial charge in [-0.2, -0.15) is 0 Å². The molecule has 0 saturated carbocycles. The van der Waals surface area contributed by atoms with Crippen molar-refractivity contribution in [3.8, 4) is 0 Å². The van der Waals surface area contributed by atoms with Gasteiger partial charge in [-0.25, -0.2) is 4.21 Å². The highest BCUT2D eigenvalue weighted by Crippen LogP contribution is 2.28. The minimum absolute atomic E-state index is 0.170. The fraction of sp³-hybridized carbons (Fsp3) is 0.154. The van der Waals surface area contributed by atoms with Crippen molar-refractivity contribution in [2.45, 2.75) is 12.8 Å². The van der Waals surface area contributed by atoms with Gasteiger partial charge in [-0.05, 0) is 47.9 Å². The maximum atomic E-state index is 11.5. The first-order valence-corrected chi connectivity index (χ1v) is 7.76. The fourth-order valence-electron chi connectivity index (χ4n) is 1.89. The number of hydrogen-bond donors (Lipinski definition) is 2. The molecule has 0 aliphatic heterocycles. The van der Waals surface area contributed by atoms with Crippen molar-refractivity contribution >= 4 is 45.4 Å². The van der Waals surface area contributed by atoms with Crippen molar-refractivity contribution in [1.82, 2.24) is 0 Å². The van der Waals surface area contributed by atoms with Crippen LogP contribution < -0.4 is 4.72 Å². The van der Waals surface area contributed by atoms with Crippen molar-refractivity contribution in [2.75, 3.05) is 4.72 Å². The second kappa shape index (κ2) is 7.09. The third-order valence-corrected chi connectivity index (χ3v) is 3.73. The summed E-state index contributed by atoms with van der Waals surface area (Å²) in [6, 6.07) is 6.52. The molecule has 0 amide bonds. The van der Waals surface area contributed by atoms with Crippen LogP contribution in [0.2, 0.25) is 5.02 Å². The van der Waals surface area contributed by atoms with Crippen molar-refractivity contribution < 1.29 is 18.0 Å². The van der Waals surface area contributed by atoms with Gasteiger partial charge in [-0.15, -0.1) is 0 Å². The highest BCUT2D eigenvalue weighted by Gasteiger charge is 2.15. The summed E-state index contributed by atoms with van der Waals surface area (Å²) in [5.41, 5.74) is 1.05. The molecule has 2 aromatic rings. The molecule has 0 aliphatic carbocycles. The molecular formula is C13H11Cl2NO4S. The number of nitrogens with one attached hydrogen (secondary N) is 1. The standard InChI is InChI=1S/C13H11Cl2NO4S/c14-11-6-8(3-4-9-2-1-5-20-9)10(13(15)17)7-12(11)16-21(18)19/h1-2,5-7,16H,3-4H2,(H,18,19). The third-order valence-electron chi connectivity index (χ3n) is 2.82. The maximum absolute atomic E-state index is 11.5. The lowest BCUT2D eigenvalue weighted by Crippen LogP contribution is -2.06. The molecule has 1 aromatic carbocycles. The molecule has 1 atom stereocenters. The lowest BCUT2D eigenvalue weighted by Gasteiger charge is -2.11. The van der Waals surface area contributed by atoms with Crippen molar-refractivity contribution in [1.29, 1.82) is 0 Å². The van der Waals surface area contributed by atoms with E-state index in [1.165, 1.54) is 6.07 Å². The number of carbonyl (C=O) groups is 1. The summed E-state index contributed by atoms with van der Waals surface area (Å²) in [6.07, 6.45) is 2.65. The molecule has 1 heterocycles. The van der Waals surface area contributed by atoms with E-state index in [-0.39, 0.29) is 16.3 Å². The Morgan fingerprint density at radius 2 is 2.14 bits per heavy atom. The second-order valence-electron chi connectivity index (χ2n) is 4.19. The average Bonchev–Trinajstić information content (AvgIpc) is 2.91. The highest BCUT2D eigenvalue weighted by molar-refractivity contribution is 7.80. The Kier molecular flexibility index (Phi) is 5.41. The van der Waals surface area contributed by atoms with Gasteiger partial charge in [-0.1, -0.05) is 11.6 Å². The molecule has 0 aliphatic rings. The Balaban J connectivity index is 2.29. The van der Waals surface area contributed by atoms with Crippen LogP contribution in [-0.4, -0.2) is 14.0 Å². The van der Waals surface area contributed by atoms with Gasteiger partial charge >= 0.3 is 0 Å². The van der Waals surface area contributed by atoms with E-state index in [2.05, 4.69) is 4.72 Å². The molecular weight excluding hydrogens is 337 g/mol. The Labute approximate surface area is 133 Å². The number of aryl methyl sites for hydroxylation is 2. The van der Waals surface area contributed by atoms with Crippen LogP contribution in [0.5, 0.6) is 0 Å². The van der Waals surface area contributed by atoms with E-state index in [4.69, 9.17) is 32.2 Å². The predicted molar refractivity (Wildman–Crippen MR) is 82.1 cm³/mol. The van der Waals surface area contributed by atoms with Crippen LogP contribution in [0.15, 0.2) is 34.9 Å². The van der Waals surface area contributed by atoms with Crippen LogP contribution in [0.3, 0.4) is 0 Å². The Bertz CT molecular complexity index is 673. The van der Waals surface area contributed by atoms with E-state index in [0.717, 1.165) is 5.76 Å². The minimum Gasteiger partial charge on any atom is -0.469 e. The average molecular weight is 348 g/mol. The molecule has 112 valence electrons. The molecule has 0 radical (unpaired) electrons. The first kappa shape index (κ1) is 16.0. The largest absolute Gasteiger partial charge is 0.469 e. The third kappa shape index (κ3) is 4.31. The number of carbonyl (C=O) groups excluding carboxylic acids is 1. The summed E-state index contributed by atoms with van der Waals surface area (Å²) >= 11 is 9.30. The molecule has 2 N–H and O–H groups in total. The normalized spacial score (nSPS) is 12.1. The van der Waals surface area contributed by atoms with E-state index in [1.807, 2.05) is 6.07 Å². The molecule has 1 unspecified atom stereocenters. The molecule has 0 fully saturated rings. The Morgan fingerprint density at radius 1 is 1.38 bits per heavy atom. The quantitative estimate of drug-likeness (QED) is 0.617. The van der Waals surface area contributed by atoms with Gasteiger partial charge in [-0.3, -0.25) is 14.1 Å². The SMILES string of the molecule is O=C(Cl)c1cc(NS(=O)O)c(Cl)cc1CCc1ccco1. The zero-order valence-corrected chi connectivity index (χ0v) is 13.0. The smallest absolute Gasteiger partial charge is 0.259 e. The number of benzene rings is 1. The van der Waals surface area contributed by atoms with Crippen LogP contribution in [0, 0.1) is 0 Å². The minimum atomic E-state index is -2.29. The van der Waals surface area contributed by atoms with E-state index in [0.29, 0.717) is 18.4 Å². The zero-order valence-electron chi connectivity index (χ0n) is 10.6. The Hall–Kier alpha value is -1.34. The zero-order chi connectivity index (χ0) is 15.4. The maximum Gasteiger partial charge on any atom is 0.259 e. The van der Waals surface area contributed by atoms with Gasteiger partial charge in [0.05, 0.1) is 17.0 Å². The molecule has 0 bridgehead atoms. The molecule has 2 rings (SSSR count). The van der Waals surface area contributed by atoms with Crippen molar-refractivity contribution in [3.63, 3.8) is 0 Å². The number of rotatable bonds is 6. The van der Waals surface area contributed by atoms with E-state index in [1.54, 1.807) is 18.4 Å². The van der Waals surface area contributed by atoms with Crippen LogP contribution in [0.4, 0.5) is 5.69 Å². The number of halogens is 2. The van der Waals surface area contributed by atoms with Gasteiger partial charge in [0.15, 0.2) is 0 Å². The molecule has 1 aromatic heterocycles. The molecule has 21 heavy (non-hydrogen) atoms. The van der Waals surface area contributed by atoms with Gasteiger partial charge < -0.3 is 4.42 Å². The molecule has 8 heteroatoms. The number of hydrogen-bond acceptors (Lipinski definition) is 3. The summed E-state index contributed by atoms with van der Waals surface area (Å²) in [4.78, 5) is 11.5. The molecule has 5 nitrogen and oxygen atoms in total. The predicted octanol–water partition coefficient (Wildman–Crippen LogP) is 3.65. The summed E-state index contributed by atoms with van der Waals surface area (Å²) in [6.45, 7) is 0. The van der Waals surface area contributed by atoms with Crippen molar-refractivity contribution in [2.24, 2.45) is 0 Å². The summed E-state index contributed by atoms with van der Waals surface area (Å²) in [7, 11) is 0. The summed E-state index contributed by atoms with van der Waals surface area (Å²) in [5.74, 6) is 0.776. The van der Waals surface area contributed by atoms with Gasteiger partial charge in [0.1, 0.15) is 5.76 Å². The first-order chi connectivity index (χ1) is 9.97. The number of furan rings is 1. The van der Waals surface area contributed by atoms with Crippen LogP contribution in [-0.2, 0) is 24.1 Å². The topological polar surface area (TPSA) is 79.5 Å². The van der Waals surface area contributed by atoms with Crippen LogP contribution >= 0.6 is 23.2 Å². The monoisotopic (exact) mass is 347 g/mol. The number of anilines is 1. The highest BCUT2D eigenvalue weighted by atomic mass is 35.5. The first-order valence-electron chi connectivity index (χ1n) is 5.89. The lowest BCUT2D eigenvalue weighted by molar-refractivity contribution is 0.108. The van der Waals surface area contributed by atoms with Gasteiger partial charge in [0.25, 0.3) is 16.5 Å². The second-order valence-corrected chi connectivity index (χ2v) is 5.65. The summed E-state index contributed by atoms with van der Waals surface area (Å²) < 4.78 is 27.1. The van der Waals surface area contributed by atoms with Crippen molar-refractivity contribution in [3.05, 3.63) is 52.4 Å². The van der Waals surface area contributed by atoms with Gasteiger partial charge in [0.2, 0.25) is 0 Å². The molecule has 0 spiro atoms. The van der Waals surface area contributed by atoms with E-state index >= 15 is 0 Å². The van der Waals surface area contributed by atoms with Crippen LogP contribution in [0.25, 0.3) is 0 Å². The summed E-state index contributed by atoms with van der Waals surface area (Å²) in [5, 5.41) is -0.429. The van der Waals surface area contributed by atoms with Gasteiger partial charge in [0, 0.05) is 12.0 Å². The fourth-order valence-corrected chi connectivity index (χ4v) is 2.71. The van der Waals surface area contributed by atoms with E-state index < -0.39 is 16.5 Å². The lowest BCUT2D eigenvalue weighted by atomic mass is 10.0. The van der Waals surface area contributed by atoms with E-state index in [9.17, 15) is 9.00 Å².